The van der Waals surface area contributed by atoms with Crippen LogP contribution in [0, 0.1) is 5.82 Å². The van der Waals surface area contributed by atoms with Gasteiger partial charge in [-0.2, -0.15) is 0 Å². The molecule has 1 amide bonds. The molecule has 86 valence electrons. The second-order valence-electron chi connectivity index (χ2n) is 3.93. The van der Waals surface area contributed by atoms with Gasteiger partial charge in [-0.25, -0.2) is 4.39 Å². The normalized spacial score (nSPS) is 24.6. The zero-order valence-electron chi connectivity index (χ0n) is 8.54. The van der Waals surface area contributed by atoms with Gasteiger partial charge in [0.2, 0.25) is 5.91 Å². The SMILES string of the molecule is NC(=O)C1CC[C@H](c2ccc(Cl)c(F)c2)N1. The second-order valence-corrected chi connectivity index (χ2v) is 4.33. The number of primary amides is 1. The van der Waals surface area contributed by atoms with E-state index >= 15 is 0 Å². The first-order valence-corrected chi connectivity index (χ1v) is 5.46. The van der Waals surface area contributed by atoms with E-state index in [9.17, 15) is 9.18 Å². The summed E-state index contributed by atoms with van der Waals surface area (Å²) in [4.78, 5) is 11.0. The number of carbonyl (C=O) groups is 1. The highest BCUT2D eigenvalue weighted by Crippen LogP contribution is 2.28. The van der Waals surface area contributed by atoms with Crippen molar-refractivity contribution < 1.29 is 9.18 Å². The van der Waals surface area contributed by atoms with Crippen molar-refractivity contribution in [3.63, 3.8) is 0 Å². The number of rotatable bonds is 2. The molecule has 0 radical (unpaired) electrons. The van der Waals surface area contributed by atoms with Crippen LogP contribution < -0.4 is 11.1 Å². The van der Waals surface area contributed by atoms with Crippen LogP contribution in [-0.4, -0.2) is 11.9 Å². The van der Waals surface area contributed by atoms with Crippen LogP contribution in [0.25, 0.3) is 0 Å². The molecule has 0 saturated carbocycles. The van der Waals surface area contributed by atoms with Crippen LogP contribution in [-0.2, 0) is 4.79 Å². The third-order valence-electron chi connectivity index (χ3n) is 2.84. The number of hydrogen-bond acceptors (Lipinski definition) is 2. The van der Waals surface area contributed by atoms with Crippen LogP contribution in [0.15, 0.2) is 18.2 Å². The molecule has 5 heteroatoms. The van der Waals surface area contributed by atoms with Gasteiger partial charge in [-0.15, -0.1) is 0 Å². The molecule has 3 nitrogen and oxygen atoms in total. The van der Waals surface area contributed by atoms with Gasteiger partial charge in [0, 0.05) is 6.04 Å². The van der Waals surface area contributed by atoms with Gasteiger partial charge in [-0.1, -0.05) is 17.7 Å². The zero-order chi connectivity index (χ0) is 11.7. The van der Waals surface area contributed by atoms with Crippen molar-refractivity contribution in [2.45, 2.75) is 24.9 Å². The average molecular weight is 243 g/mol. The number of benzene rings is 1. The molecule has 2 atom stereocenters. The molecule has 1 fully saturated rings. The second kappa shape index (κ2) is 4.39. The van der Waals surface area contributed by atoms with Crippen molar-refractivity contribution in [1.29, 1.82) is 0 Å². The molecule has 3 N–H and O–H groups in total. The van der Waals surface area contributed by atoms with Crippen molar-refractivity contribution in [3.05, 3.63) is 34.6 Å². The fraction of sp³-hybridized carbons (Fsp3) is 0.364. The summed E-state index contributed by atoms with van der Waals surface area (Å²) in [5.41, 5.74) is 5.99. The van der Waals surface area contributed by atoms with Gasteiger partial charge in [0.25, 0.3) is 0 Å². The van der Waals surface area contributed by atoms with Crippen molar-refractivity contribution in [3.8, 4) is 0 Å². The fourth-order valence-corrected chi connectivity index (χ4v) is 2.08. The largest absolute Gasteiger partial charge is 0.368 e. The van der Waals surface area contributed by atoms with E-state index in [4.69, 9.17) is 17.3 Å². The highest BCUT2D eigenvalue weighted by Gasteiger charge is 2.28. The van der Waals surface area contributed by atoms with Crippen molar-refractivity contribution in [2.24, 2.45) is 5.73 Å². The molecule has 0 aliphatic carbocycles. The zero-order valence-corrected chi connectivity index (χ0v) is 9.30. The first-order chi connectivity index (χ1) is 7.58. The number of nitrogens with two attached hydrogens (primary N) is 1. The van der Waals surface area contributed by atoms with E-state index in [1.165, 1.54) is 12.1 Å². The molecular formula is C11H12ClFN2O. The maximum absolute atomic E-state index is 13.2. The number of halogens is 2. The molecule has 16 heavy (non-hydrogen) atoms. The molecule has 1 aromatic rings. The first-order valence-electron chi connectivity index (χ1n) is 5.08. The van der Waals surface area contributed by atoms with Gasteiger partial charge in [-0.05, 0) is 30.5 Å². The van der Waals surface area contributed by atoms with E-state index in [0.29, 0.717) is 6.42 Å². The quantitative estimate of drug-likeness (QED) is 0.830. The summed E-state index contributed by atoms with van der Waals surface area (Å²) in [6.07, 6.45) is 1.46. The van der Waals surface area contributed by atoms with Gasteiger partial charge in [0.15, 0.2) is 0 Å². The summed E-state index contributed by atoms with van der Waals surface area (Å²) in [6.45, 7) is 0. The Balaban J connectivity index is 2.14. The summed E-state index contributed by atoms with van der Waals surface area (Å²) in [5, 5.41) is 3.17. The fourth-order valence-electron chi connectivity index (χ4n) is 1.96. The van der Waals surface area contributed by atoms with Crippen LogP contribution in [0.2, 0.25) is 5.02 Å². The molecular weight excluding hydrogens is 231 g/mol. The summed E-state index contributed by atoms with van der Waals surface area (Å²) in [6, 6.07) is 4.33. The third-order valence-corrected chi connectivity index (χ3v) is 3.14. The molecule has 2 rings (SSSR count). The topological polar surface area (TPSA) is 55.1 Å². The lowest BCUT2D eigenvalue weighted by Gasteiger charge is -2.12. The van der Waals surface area contributed by atoms with Gasteiger partial charge < -0.3 is 5.73 Å². The molecule has 1 aromatic carbocycles. The van der Waals surface area contributed by atoms with E-state index in [2.05, 4.69) is 5.32 Å². The van der Waals surface area contributed by atoms with Gasteiger partial charge in [0.05, 0.1) is 11.1 Å². The van der Waals surface area contributed by atoms with E-state index in [1.807, 2.05) is 0 Å². The Bertz CT molecular complexity index is 424. The van der Waals surface area contributed by atoms with Crippen LogP contribution in [0.5, 0.6) is 0 Å². The van der Waals surface area contributed by atoms with Gasteiger partial charge in [0.1, 0.15) is 5.82 Å². The summed E-state index contributed by atoms with van der Waals surface area (Å²) >= 11 is 5.60. The van der Waals surface area contributed by atoms with E-state index in [1.54, 1.807) is 6.07 Å². The lowest BCUT2D eigenvalue weighted by Crippen LogP contribution is -2.37. The minimum Gasteiger partial charge on any atom is -0.368 e. The van der Waals surface area contributed by atoms with E-state index in [0.717, 1.165) is 12.0 Å². The highest BCUT2D eigenvalue weighted by molar-refractivity contribution is 6.30. The average Bonchev–Trinajstić information content (AvgIpc) is 2.71. The number of hydrogen-bond donors (Lipinski definition) is 2. The first kappa shape index (κ1) is 11.4. The van der Waals surface area contributed by atoms with Crippen molar-refractivity contribution >= 4 is 17.5 Å². The van der Waals surface area contributed by atoms with Crippen LogP contribution >= 0.6 is 11.6 Å². The van der Waals surface area contributed by atoms with Crippen molar-refractivity contribution in [1.82, 2.24) is 5.32 Å². The standard InChI is InChI=1S/C11H12ClFN2O/c12-7-2-1-6(5-8(7)13)9-3-4-10(15-9)11(14)16/h1-2,5,9-10,15H,3-4H2,(H2,14,16)/t9-,10?/m1/s1. The predicted octanol–water partition coefficient (Wildman–Crippen LogP) is 1.76. The Labute approximate surface area is 97.8 Å². The third kappa shape index (κ3) is 2.18. The molecule has 0 aromatic heterocycles. The lowest BCUT2D eigenvalue weighted by atomic mass is 10.1. The van der Waals surface area contributed by atoms with Crippen LogP contribution in [0.4, 0.5) is 4.39 Å². The van der Waals surface area contributed by atoms with Gasteiger partial charge >= 0.3 is 0 Å². The maximum atomic E-state index is 13.2. The molecule has 1 heterocycles. The van der Waals surface area contributed by atoms with Gasteiger partial charge in [-0.3, -0.25) is 10.1 Å². The highest BCUT2D eigenvalue weighted by atomic mass is 35.5. The maximum Gasteiger partial charge on any atom is 0.234 e. The molecule has 0 spiro atoms. The number of amides is 1. The Kier molecular flexibility index (Phi) is 3.12. The van der Waals surface area contributed by atoms with E-state index < -0.39 is 5.82 Å². The summed E-state index contributed by atoms with van der Waals surface area (Å²) in [5.74, 6) is -0.805. The smallest absolute Gasteiger partial charge is 0.234 e. The Morgan fingerprint density at radius 1 is 1.50 bits per heavy atom. The Morgan fingerprint density at radius 2 is 2.25 bits per heavy atom. The Morgan fingerprint density at radius 3 is 2.81 bits per heavy atom. The molecule has 1 unspecified atom stereocenters. The summed E-state index contributed by atoms with van der Waals surface area (Å²) < 4.78 is 13.2. The predicted molar refractivity (Wildman–Crippen MR) is 59.5 cm³/mol. The summed E-state index contributed by atoms with van der Waals surface area (Å²) in [7, 11) is 0. The minimum atomic E-state index is -0.441. The number of carbonyl (C=O) groups excluding carboxylic acids is 1. The van der Waals surface area contributed by atoms with Crippen LogP contribution in [0.1, 0.15) is 24.4 Å². The monoisotopic (exact) mass is 242 g/mol. The van der Waals surface area contributed by atoms with E-state index in [-0.39, 0.29) is 23.0 Å². The molecule has 1 aliphatic heterocycles. The molecule has 1 aliphatic rings. The number of nitrogens with one attached hydrogen (secondary N) is 1. The Hall–Kier alpha value is -1.13. The van der Waals surface area contributed by atoms with Crippen LogP contribution in [0.3, 0.4) is 0 Å². The molecule has 1 saturated heterocycles. The minimum absolute atomic E-state index is 0.0238. The molecule has 0 bridgehead atoms. The van der Waals surface area contributed by atoms with Crippen molar-refractivity contribution in [2.75, 3.05) is 0 Å². The lowest BCUT2D eigenvalue weighted by molar-refractivity contribution is -0.119.